The molecule has 1 aromatic carbocycles. The molecule has 1 amide bonds. The summed E-state index contributed by atoms with van der Waals surface area (Å²) in [5.74, 6) is 0.207. The third kappa shape index (κ3) is 2.27. The summed E-state index contributed by atoms with van der Waals surface area (Å²) in [7, 11) is 1.87. The standard InChI is InChI=1S/C13H15NO/c1-14-12(8-5-9-13(14)15)10-11-6-3-2-4-7-11/h2-8,12H,9-10H2,1H3/t12-/m1/s1. The minimum absolute atomic E-state index is 0.207. The quantitative estimate of drug-likeness (QED) is 0.670. The molecular formula is C13H15NO. The van der Waals surface area contributed by atoms with Gasteiger partial charge in [0.25, 0.3) is 0 Å². The second-order valence-corrected chi connectivity index (χ2v) is 3.89. The average Bonchev–Trinajstić information content (AvgIpc) is 2.26. The van der Waals surface area contributed by atoms with E-state index in [9.17, 15) is 4.79 Å². The van der Waals surface area contributed by atoms with E-state index < -0.39 is 0 Å². The van der Waals surface area contributed by atoms with E-state index in [1.165, 1.54) is 5.56 Å². The van der Waals surface area contributed by atoms with E-state index in [0.717, 1.165) is 6.42 Å². The number of hydrogen-bond donors (Lipinski definition) is 0. The molecule has 1 atom stereocenters. The molecule has 0 N–H and O–H groups in total. The molecule has 0 aliphatic carbocycles. The van der Waals surface area contributed by atoms with Crippen molar-refractivity contribution in [1.29, 1.82) is 0 Å². The summed E-state index contributed by atoms with van der Waals surface area (Å²) in [6, 6.07) is 10.5. The van der Waals surface area contributed by atoms with E-state index in [1.54, 1.807) is 0 Å². The van der Waals surface area contributed by atoms with E-state index in [4.69, 9.17) is 0 Å². The molecule has 0 bridgehead atoms. The highest BCUT2D eigenvalue weighted by Crippen LogP contribution is 2.14. The fourth-order valence-corrected chi connectivity index (χ4v) is 1.84. The SMILES string of the molecule is CN1C(=O)CC=C[C@@H]1Cc1ccccc1. The number of carbonyl (C=O) groups is 1. The number of hydrogen-bond acceptors (Lipinski definition) is 1. The molecule has 1 aliphatic heterocycles. The van der Waals surface area contributed by atoms with Gasteiger partial charge in [-0.05, 0) is 12.0 Å². The number of carbonyl (C=O) groups excluding carboxylic acids is 1. The zero-order valence-electron chi connectivity index (χ0n) is 8.89. The molecule has 1 aromatic rings. The summed E-state index contributed by atoms with van der Waals surface area (Å²) in [4.78, 5) is 13.3. The van der Waals surface area contributed by atoms with Crippen molar-refractivity contribution in [3.63, 3.8) is 0 Å². The maximum Gasteiger partial charge on any atom is 0.226 e. The lowest BCUT2D eigenvalue weighted by molar-refractivity contribution is -0.130. The topological polar surface area (TPSA) is 20.3 Å². The summed E-state index contributed by atoms with van der Waals surface area (Å²) < 4.78 is 0. The second-order valence-electron chi connectivity index (χ2n) is 3.89. The second kappa shape index (κ2) is 4.30. The maximum absolute atomic E-state index is 11.5. The summed E-state index contributed by atoms with van der Waals surface area (Å²) >= 11 is 0. The van der Waals surface area contributed by atoms with Gasteiger partial charge in [-0.1, -0.05) is 42.5 Å². The van der Waals surface area contributed by atoms with Gasteiger partial charge in [0.05, 0.1) is 6.04 Å². The van der Waals surface area contributed by atoms with Crippen molar-refractivity contribution in [3.8, 4) is 0 Å². The van der Waals surface area contributed by atoms with E-state index in [1.807, 2.05) is 36.2 Å². The normalized spacial score (nSPS) is 20.7. The predicted octanol–water partition coefficient (Wildman–Crippen LogP) is 2.02. The van der Waals surface area contributed by atoms with Gasteiger partial charge >= 0.3 is 0 Å². The molecule has 0 saturated carbocycles. The van der Waals surface area contributed by atoms with Gasteiger partial charge < -0.3 is 4.90 Å². The molecule has 2 rings (SSSR count). The number of likely N-dealkylation sites (N-methyl/N-ethyl adjacent to an activating group) is 1. The van der Waals surface area contributed by atoms with Crippen LogP contribution in [0.3, 0.4) is 0 Å². The Labute approximate surface area is 90.2 Å². The fraction of sp³-hybridized carbons (Fsp3) is 0.308. The largest absolute Gasteiger partial charge is 0.339 e. The minimum atomic E-state index is 0.207. The maximum atomic E-state index is 11.5. The van der Waals surface area contributed by atoms with Gasteiger partial charge in [-0.15, -0.1) is 0 Å². The molecule has 0 fully saturated rings. The fourth-order valence-electron chi connectivity index (χ4n) is 1.84. The number of benzene rings is 1. The van der Waals surface area contributed by atoms with Crippen LogP contribution in [0.25, 0.3) is 0 Å². The Morgan fingerprint density at radius 3 is 2.80 bits per heavy atom. The Morgan fingerprint density at radius 2 is 2.07 bits per heavy atom. The molecule has 2 nitrogen and oxygen atoms in total. The summed E-state index contributed by atoms with van der Waals surface area (Å²) in [5.41, 5.74) is 1.27. The Balaban J connectivity index is 2.09. The molecular weight excluding hydrogens is 186 g/mol. The third-order valence-electron chi connectivity index (χ3n) is 2.83. The van der Waals surface area contributed by atoms with Gasteiger partial charge in [-0.25, -0.2) is 0 Å². The predicted molar refractivity (Wildman–Crippen MR) is 60.5 cm³/mol. The van der Waals surface area contributed by atoms with Crippen molar-refractivity contribution in [2.75, 3.05) is 7.05 Å². The molecule has 2 heteroatoms. The smallest absolute Gasteiger partial charge is 0.226 e. The highest BCUT2D eigenvalue weighted by molar-refractivity contribution is 5.79. The molecule has 78 valence electrons. The van der Waals surface area contributed by atoms with Crippen LogP contribution in [0.2, 0.25) is 0 Å². The van der Waals surface area contributed by atoms with E-state index in [2.05, 4.69) is 18.2 Å². The first-order chi connectivity index (χ1) is 7.27. The minimum Gasteiger partial charge on any atom is -0.339 e. The lowest BCUT2D eigenvalue weighted by Crippen LogP contribution is -2.39. The van der Waals surface area contributed by atoms with Crippen LogP contribution in [-0.2, 0) is 11.2 Å². The lowest BCUT2D eigenvalue weighted by atomic mass is 10.0. The Morgan fingerprint density at radius 1 is 1.33 bits per heavy atom. The third-order valence-corrected chi connectivity index (χ3v) is 2.83. The van der Waals surface area contributed by atoms with Crippen LogP contribution < -0.4 is 0 Å². The Kier molecular flexibility index (Phi) is 2.86. The molecule has 15 heavy (non-hydrogen) atoms. The zero-order chi connectivity index (χ0) is 10.7. The first-order valence-corrected chi connectivity index (χ1v) is 5.23. The lowest BCUT2D eigenvalue weighted by Gasteiger charge is -2.28. The van der Waals surface area contributed by atoms with Crippen molar-refractivity contribution >= 4 is 5.91 Å². The van der Waals surface area contributed by atoms with Crippen LogP contribution >= 0.6 is 0 Å². The molecule has 0 radical (unpaired) electrons. The molecule has 0 spiro atoms. The Hall–Kier alpha value is -1.57. The molecule has 0 saturated heterocycles. The highest BCUT2D eigenvalue weighted by atomic mass is 16.2. The van der Waals surface area contributed by atoms with E-state index in [0.29, 0.717) is 6.42 Å². The summed E-state index contributed by atoms with van der Waals surface area (Å²) in [6.45, 7) is 0. The van der Waals surface area contributed by atoms with Crippen LogP contribution in [0, 0.1) is 0 Å². The van der Waals surface area contributed by atoms with Crippen molar-refractivity contribution in [3.05, 3.63) is 48.0 Å². The molecule has 0 unspecified atom stereocenters. The van der Waals surface area contributed by atoms with Crippen LogP contribution in [0.4, 0.5) is 0 Å². The number of amides is 1. The van der Waals surface area contributed by atoms with Gasteiger partial charge in [0.15, 0.2) is 0 Å². The molecule has 0 aromatic heterocycles. The average molecular weight is 201 g/mol. The number of rotatable bonds is 2. The van der Waals surface area contributed by atoms with Crippen LogP contribution in [0.15, 0.2) is 42.5 Å². The van der Waals surface area contributed by atoms with Gasteiger partial charge in [-0.2, -0.15) is 0 Å². The van der Waals surface area contributed by atoms with Crippen molar-refractivity contribution in [2.24, 2.45) is 0 Å². The molecule has 1 aliphatic rings. The van der Waals surface area contributed by atoms with Crippen molar-refractivity contribution in [1.82, 2.24) is 4.90 Å². The van der Waals surface area contributed by atoms with Gasteiger partial charge in [0.1, 0.15) is 0 Å². The highest BCUT2D eigenvalue weighted by Gasteiger charge is 2.20. The first kappa shape index (κ1) is 9.97. The van der Waals surface area contributed by atoms with Crippen LogP contribution in [0.1, 0.15) is 12.0 Å². The zero-order valence-corrected chi connectivity index (χ0v) is 8.89. The Bertz CT molecular complexity index is 369. The van der Waals surface area contributed by atoms with Crippen molar-refractivity contribution in [2.45, 2.75) is 18.9 Å². The van der Waals surface area contributed by atoms with Gasteiger partial charge in [0.2, 0.25) is 5.91 Å². The summed E-state index contributed by atoms with van der Waals surface area (Å²) in [6.07, 6.45) is 5.53. The number of nitrogens with zero attached hydrogens (tertiary/aromatic N) is 1. The molecule has 1 heterocycles. The monoisotopic (exact) mass is 201 g/mol. The van der Waals surface area contributed by atoms with Crippen LogP contribution in [-0.4, -0.2) is 23.9 Å². The van der Waals surface area contributed by atoms with E-state index in [-0.39, 0.29) is 11.9 Å². The van der Waals surface area contributed by atoms with Gasteiger partial charge in [0, 0.05) is 13.5 Å². The van der Waals surface area contributed by atoms with Crippen LogP contribution in [0.5, 0.6) is 0 Å². The van der Waals surface area contributed by atoms with Crippen molar-refractivity contribution < 1.29 is 4.79 Å². The summed E-state index contributed by atoms with van der Waals surface area (Å²) in [5, 5.41) is 0. The first-order valence-electron chi connectivity index (χ1n) is 5.23. The van der Waals surface area contributed by atoms with Gasteiger partial charge in [-0.3, -0.25) is 4.79 Å². The van der Waals surface area contributed by atoms with E-state index >= 15 is 0 Å².